The molecule has 1 heterocycles. The molecule has 0 saturated carbocycles. The molecule has 0 spiro atoms. The minimum absolute atomic E-state index is 0.149. The number of rotatable bonds is 8. The molecule has 150 valence electrons. The molecule has 29 heavy (non-hydrogen) atoms. The summed E-state index contributed by atoms with van der Waals surface area (Å²) in [6, 6.07) is 23.5. The summed E-state index contributed by atoms with van der Waals surface area (Å²) in [6.45, 7) is 1.23. The third-order valence-electron chi connectivity index (χ3n) is 4.46. The highest BCUT2D eigenvalue weighted by Gasteiger charge is 2.26. The molecule has 0 bridgehead atoms. The zero-order chi connectivity index (χ0) is 20.3. The van der Waals surface area contributed by atoms with E-state index in [4.69, 9.17) is 9.47 Å². The van der Waals surface area contributed by atoms with E-state index in [1.54, 1.807) is 42.5 Å². The predicted molar refractivity (Wildman–Crippen MR) is 117 cm³/mol. The summed E-state index contributed by atoms with van der Waals surface area (Å²) in [5, 5.41) is 0. The number of para-hydroxylation sites is 2. The van der Waals surface area contributed by atoms with Crippen LogP contribution in [0.2, 0.25) is 0 Å². The Morgan fingerprint density at radius 3 is 2.07 bits per heavy atom. The molecule has 1 aliphatic heterocycles. The normalized spacial score (nSPS) is 15.7. The van der Waals surface area contributed by atoms with E-state index in [0.29, 0.717) is 33.8 Å². The molecule has 3 aromatic carbocycles. The highest BCUT2D eigenvalue weighted by molar-refractivity contribution is 9.10. The molecule has 1 aliphatic rings. The predicted octanol–water partition coefficient (Wildman–Crippen LogP) is 4.89. The Morgan fingerprint density at radius 2 is 1.55 bits per heavy atom. The number of nitrogens with zero attached hydrogens (tertiary/aromatic N) is 1. The number of anilines is 2. The molecule has 0 radical (unpaired) electrons. The first-order valence-electron chi connectivity index (χ1n) is 9.19. The first kappa shape index (κ1) is 19.9. The lowest BCUT2D eigenvalue weighted by molar-refractivity contribution is 0.263. The highest BCUT2D eigenvalue weighted by Crippen LogP contribution is 2.32. The lowest BCUT2D eigenvalue weighted by Gasteiger charge is -2.25. The van der Waals surface area contributed by atoms with Gasteiger partial charge < -0.3 is 9.47 Å². The number of benzene rings is 3. The summed E-state index contributed by atoms with van der Waals surface area (Å²) in [5.74, 6) is 0.528. The van der Waals surface area contributed by atoms with Crippen molar-refractivity contribution in [2.24, 2.45) is 0 Å². The molecule has 3 aromatic rings. The number of epoxide rings is 1. The van der Waals surface area contributed by atoms with Crippen molar-refractivity contribution in [2.75, 3.05) is 17.5 Å². The fourth-order valence-corrected chi connectivity index (χ4v) is 5.29. The van der Waals surface area contributed by atoms with Crippen LogP contribution < -0.4 is 9.04 Å². The van der Waals surface area contributed by atoms with Crippen LogP contribution in [0.1, 0.15) is 5.56 Å². The second-order valence-electron chi connectivity index (χ2n) is 6.71. The van der Waals surface area contributed by atoms with Gasteiger partial charge in [-0.15, -0.1) is 0 Å². The molecule has 0 aliphatic carbocycles. The summed E-state index contributed by atoms with van der Waals surface area (Å²) in [4.78, 5) is 0. The molecule has 0 amide bonds. The maximum absolute atomic E-state index is 13.4. The Bertz CT molecular complexity index is 1030. The molecule has 1 unspecified atom stereocenters. The van der Waals surface area contributed by atoms with Crippen LogP contribution in [0.5, 0.6) is 5.75 Å². The van der Waals surface area contributed by atoms with Gasteiger partial charge in [0.2, 0.25) is 10.0 Å². The Hall–Kier alpha value is -2.35. The Morgan fingerprint density at radius 1 is 0.966 bits per heavy atom. The fourth-order valence-electron chi connectivity index (χ4n) is 2.95. The molecule has 5 nitrogen and oxygen atoms in total. The van der Waals surface area contributed by atoms with Crippen LogP contribution >= 0.6 is 15.9 Å². The minimum Gasteiger partial charge on any atom is -0.491 e. The minimum atomic E-state index is -3.69. The first-order valence-corrected chi connectivity index (χ1v) is 11.6. The first-order chi connectivity index (χ1) is 14.0. The van der Waals surface area contributed by atoms with E-state index in [0.717, 1.165) is 6.61 Å². The molecule has 0 N–H and O–H groups in total. The summed E-state index contributed by atoms with van der Waals surface area (Å²) in [7, 11) is -3.69. The van der Waals surface area contributed by atoms with Gasteiger partial charge in [0, 0.05) is 4.47 Å². The van der Waals surface area contributed by atoms with E-state index in [2.05, 4.69) is 15.9 Å². The van der Waals surface area contributed by atoms with Gasteiger partial charge in [-0.3, -0.25) is 0 Å². The zero-order valence-corrected chi connectivity index (χ0v) is 18.0. The number of hydrogen-bond acceptors (Lipinski definition) is 4. The lowest BCUT2D eigenvalue weighted by Crippen LogP contribution is -2.27. The van der Waals surface area contributed by atoms with Crippen molar-refractivity contribution >= 4 is 37.3 Å². The molecule has 1 saturated heterocycles. The Labute approximate surface area is 179 Å². The number of sulfonamides is 1. The average molecular weight is 474 g/mol. The topological polar surface area (TPSA) is 59.1 Å². The van der Waals surface area contributed by atoms with Gasteiger partial charge in [-0.25, -0.2) is 12.7 Å². The van der Waals surface area contributed by atoms with E-state index in [-0.39, 0.29) is 11.9 Å². The van der Waals surface area contributed by atoms with Gasteiger partial charge in [0.05, 0.1) is 23.7 Å². The lowest BCUT2D eigenvalue weighted by atomic mass is 10.2. The molecule has 7 heteroatoms. The van der Waals surface area contributed by atoms with Crippen molar-refractivity contribution in [1.82, 2.24) is 0 Å². The molecule has 0 aromatic heterocycles. The zero-order valence-electron chi connectivity index (χ0n) is 15.6. The maximum atomic E-state index is 13.4. The van der Waals surface area contributed by atoms with Crippen LogP contribution in [0, 0.1) is 0 Å². The summed E-state index contributed by atoms with van der Waals surface area (Å²) >= 11 is 3.49. The van der Waals surface area contributed by atoms with Crippen LogP contribution in [-0.2, 0) is 20.5 Å². The van der Waals surface area contributed by atoms with Crippen LogP contribution in [-0.4, -0.2) is 27.7 Å². The summed E-state index contributed by atoms with van der Waals surface area (Å²) < 4.78 is 39.7. The number of ether oxygens (including phenoxy) is 2. The quantitative estimate of drug-likeness (QED) is 0.436. The third kappa shape index (κ3) is 4.98. The fraction of sp³-hybridized carbons (Fsp3) is 0.182. The Kier molecular flexibility index (Phi) is 5.89. The van der Waals surface area contributed by atoms with Gasteiger partial charge >= 0.3 is 0 Å². The van der Waals surface area contributed by atoms with Crippen LogP contribution in [0.25, 0.3) is 0 Å². The monoisotopic (exact) mass is 473 g/mol. The van der Waals surface area contributed by atoms with Crippen LogP contribution in [0.3, 0.4) is 0 Å². The van der Waals surface area contributed by atoms with Gasteiger partial charge in [0.1, 0.15) is 18.5 Å². The second kappa shape index (κ2) is 8.57. The van der Waals surface area contributed by atoms with Crippen molar-refractivity contribution < 1.29 is 17.9 Å². The number of halogens is 1. The van der Waals surface area contributed by atoms with Crippen LogP contribution in [0.15, 0.2) is 83.3 Å². The van der Waals surface area contributed by atoms with Gasteiger partial charge in [-0.05, 0) is 42.0 Å². The SMILES string of the molecule is O=S(=O)(Cc1ccc(OCC2CO2)cc1Br)N(c1ccccc1)c1ccccc1. The van der Waals surface area contributed by atoms with E-state index in [1.807, 2.05) is 36.4 Å². The van der Waals surface area contributed by atoms with E-state index in [9.17, 15) is 8.42 Å². The standard InChI is InChI=1S/C22H20BrNO4S/c23-22-13-20(27-14-21-15-28-21)12-11-17(22)16-29(25,26)24(18-7-3-1-4-8-18)19-9-5-2-6-10-19/h1-13,21H,14-16H2. The molecular formula is C22H20BrNO4S. The van der Waals surface area contributed by atoms with Crippen LogP contribution in [0.4, 0.5) is 11.4 Å². The number of hydrogen-bond donors (Lipinski definition) is 0. The van der Waals surface area contributed by atoms with Gasteiger partial charge in [-0.1, -0.05) is 58.4 Å². The van der Waals surface area contributed by atoms with Crippen molar-refractivity contribution in [3.8, 4) is 5.75 Å². The van der Waals surface area contributed by atoms with Crippen molar-refractivity contribution in [2.45, 2.75) is 11.9 Å². The van der Waals surface area contributed by atoms with Crippen molar-refractivity contribution in [1.29, 1.82) is 0 Å². The largest absolute Gasteiger partial charge is 0.491 e. The van der Waals surface area contributed by atoms with E-state index < -0.39 is 10.0 Å². The van der Waals surface area contributed by atoms with Gasteiger partial charge in [-0.2, -0.15) is 0 Å². The maximum Gasteiger partial charge on any atom is 0.243 e. The van der Waals surface area contributed by atoms with Gasteiger partial charge in [0.15, 0.2) is 0 Å². The Balaban J connectivity index is 1.61. The molecule has 4 rings (SSSR count). The summed E-state index contributed by atoms with van der Waals surface area (Å²) in [5.41, 5.74) is 1.86. The molecule has 1 atom stereocenters. The molecular weight excluding hydrogens is 454 g/mol. The van der Waals surface area contributed by atoms with Crippen molar-refractivity contribution in [3.05, 3.63) is 88.9 Å². The second-order valence-corrected chi connectivity index (χ2v) is 9.38. The third-order valence-corrected chi connectivity index (χ3v) is 6.85. The van der Waals surface area contributed by atoms with E-state index in [1.165, 1.54) is 4.31 Å². The smallest absolute Gasteiger partial charge is 0.243 e. The van der Waals surface area contributed by atoms with Crippen molar-refractivity contribution in [3.63, 3.8) is 0 Å². The highest BCUT2D eigenvalue weighted by atomic mass is 79.9. The summed E-state index contributed by atoms with van der Waals surface area (Å²) in [6.07, 6.45) is 0.166. The van der Waals surface area contributed by atoms with Gasteiger partial charge in [0.25, 0.3) is 0 Å². The average Bonchev–Trinajstić information content (AvgIpc) is 3.54. The molecule has 1 fully saturated rings. The van der Waals surface area contributed by atoms with E-state index >= 15 is 0 Å².